The molecule has 0 aliphatic rings. The Hall–Kier alpha value is -2.33. The first-order chi connectivity index (χ1) is 10.4. The molecule has 0 fully saturated rings. The van der Waals surface area contributed by atoms with Crippen LogP contribution in [-0.4, -0.2) is 18.1 Å². The van der Waals surface area contributed by atoms with Crippen molar-refractivity contribution in [3.8, 4) is 11.4 Å². The summed E-state index contributed by atoms with van der Waals surface area (Å²) in [7, 11) is 0. The second-order valence-corrected chi connectivity index (χ2v) is 5.00. The molecule has 4 nitrogen and oxygen atoms in total. The van der Waals surface area contributed by atoms with Crippen molar-refractivity contribution in [3.05, 3.63) is 54.9 Å². The van der Waals surface area contributed by atoms with Crippen LogP contribution in [0.25, 0.3) is 16.7 Å². The van der Waals surface area contributed by atoms with E-state index in [9.17, 15) is 0 Å². The molecule has 1 aromatic heterocycles. The lowest BCUT2D eigenvalue weighted by atomic mass is 10.2. The van der Waals surface area contributed by atoms with Crippen LogP contribution in [-0.2, 0) is 0 Å². The Morgan fingerprint density at radius 2 is 1.90 bits per heavy atom. The van der Waals surface area contributed by atoms with Gasteiger partial charge in [-0.1, -0.05) is 18.2 Å². The van der Waals surface area contributed by atoms with Crippen LogP contribution in [0.5, 0.6) is 5.75 Å². The number of H-pyrrole nitrogens is 1. The first-order valence-electron chi connectivity index (χ1n) is 7.29. The van der Waals surface area contributed by atoms with Gasteiger partial charge in [0.05, 0.1) is 6.61 Å². The second kappa shape index (κ2) is 6.41. The number of rotatable bonds is 6. The van der Waals surface area contributed by atoms with E-state index in [1.54, 1.807) is 0 Å². The molecule has 3 N–H and O–H groups in total. The molecular weight excluding hydrogens is 262 g/mol. The Balaban J connectivity index is 1.86. The molecule has 2 aromatic carbocycles. The third-order valence-corrected chi connectivity index (χ3v) is 3.48. The van der Waals surface area contributed by atoms with Crippen LogP contribution in [0.15, 0.2) is 54.9 Å². The van der Waals surface area contributed by atoms with Gasteiger partial charge in [0.25, 0.3) is 0 Å². The van der Waals surface area contributed by atoms with Crippen molar-refractivity contribution >= 4 is 11.0 Å². The van der Waals surface area contributed by atoms with Crippen molar-refractivity contribution in [2.75, 3.05) is 13.2 Å². The van der Waals surface area contributed by atoms with Crippen LogP contribution in [0.4, 0.5) is 0 Å². The largest absolute Gasteiger partial charge is 0.493 e. The Morgan fingerprint density at radius 3 is 2.71 bits per heavy atom. The third-order valence-electron chi connectivity index (χ3n) is 3.48. The summed E-state index contributed by atoms with van der Waals surface area (Å²) in [6, 6.07) is 16.4. The normalized spacial score (nSPS) is 10.9. The van der Waals surface area contributed by atoms with E-state index in [4.69, 9.17) is 10.5 Å². The number of para-hydroxylation sites is 1. The van der Waals surface area contributed by atoms with E-state index in [1.807, 2.05) is 36.7 Å². The monoisotopic (exact) mass is 282 g/mol. The lowest BCUT2D eigenvalue weighted by Crippen LogP contribution is -2.28. The average molecular weight is 282 g/mol. The van der Waals surface area contributed by atoms with Crippen LogP contribution in [0, 0.1) is 0 Å². The SMILES string of the molecule is NCCCCOc1ccc2[nH]c[n+](-c3ccccc3)c2c1. The van der Waals surface area contributed by atoms with E-state index in [2.05, 4.69) is 27.8 Å². The predicted octanol–water partition coefficient (Wildman–Crippen LogP) is 2.56. The zero-order valence-corrected chi connectivity index (χ0v) is 12.0. The lowest BCUT2D eigenvalue weighted by molar-refractivity contribution is -0.567. The van der Waals surface area contributed by atoms with Crippen LogP contribution >= 0.6 is 0 Å². The summed E-state index contributed by atoms with van der Waals surface area (Å²) in [6.07, 6.45) is 3.95. The number of nitrogens with two attached hydrogens (primary N) is 1. The van der Waals surface area contributed by atoms with Gasteiger partial charge in [-0.15, -0.1) is 0 Å². The van der Waals surface area contributed by atoms with E-state index in [1.165, 1.54) is 0 Å². The van der Waals surface area contributed by atoms with Crippen molar-refractivity contribution in [1.29, 1.82) is 0 Å². The number of aromatic nitrogens is 2. The maximum atomic E-state index is 5.79. The van der Waals surface area contributed by atoms with E-state index in [0.717, 1.165) is 35.3 Å². The van der Waals surface area contributed by atoms with Crippen LogP contribution in [0.2, 0.25) is 0 Å². The summed E-state index contributed by atoms with van der Waals surface area (Å²) >= 11 is 0. The summed E-state index contributed by atoms with van der Waals surface area (Å²) in [5.74, 6) is 0.892. The number of unbranched alkanes of at least 4 members (excludes halogenated alkanes) is 1. The quantitative estimate of drug-likeness (QED) is 0.539. The topological polar surface area (TPSA) is 54.9 Å². The van der Waals surface area contributed by atoms with E-state index in [-0.39, 0.29) is 0 Å². The van der Waals surface area contributed by atoms with Gasteiger partial charge in [0.2, 0.25) is 6.33 Å². The molecule has 0 aliphatic carbocycles. The molecule has 0 saturated heterocycles. The minimum absolute atomic E-state index is 0.707. The molecule has 0 saturated carbocycles. The minimum atomic E-state index is 0.707. The summed E-state index contributed by atoms with van der Waals surface area (Å²) in [6.45, 7) is 1.42. The van der Waals surface area contributed by atoms with Crippen molar-refractivity contribution in [2.45, 2.75) is 12.8 Å². The summed E-state index contributed by atoms with van der Waals surface area (Å²) in [5, 5.41) is 0. The molecule has 3 aromatic rings. The fourth-order valence-electron chi connectivity index (χ4n) is 2.36. The number of nitrogens with zero attached hydrogens (tertiary/aromatic N) is 1. The van der Waals surface area contributed by atoms with E-state index >= 15 is 0 Å². The number of fused-ring (bicyclic) bond motifs is 1. The Labute approximate surface area is 124 Å². The maximum absolute atomic E-state index is 5.79. The van der Waals surface area contributed by atoms with Crippen molar-refractivity contribution < 1.29 is 9.30 Å². The number of imidazole rings is 1. The van der Waals surface area contributed by atoms with Crippen molar-refractivity contribution in [3.63, 3.8) is 0 Å². The Bertz CT molecular complexity index is 706. The van der Waals surface area contributed by atoms with Gasteiger partial charge < -0.3 is 10.5 Å². The molecule has 108 valence electrons. The fourth-order valence-corrected chi connectivity index (χ4v) is 2.36. The lowest BCUT2D eigenvalue weighted by Gasteiger charge is -2.05. The van der Waals surface area contributed by atoms with Gasteiger partial charge in [-0.25, -0.2) is 4.98 Å². The van der Waals surface area contributed by atoms with Gasteiger partial charge in [-0.2, -0.15) is 4.57 Å². The molecule has 21 heavy (non-hydrogen) atoms. The first kappa shape index (κ1) is 13.6. The zero-order valence-electron chi connectivity index (χ0n) is 12.0. The first-order valence-corrected chi connectivity index (χ1v) is 7.29. The third kappa shape index (κ3) is 3.06. The number of hydrogen-bond acceptors (Lipinski definition) is 2. The van der Waals surface area contributed by atoms with Crippen LogP contribution in [0.1, 0.15) is 12.8 Å². The molecule has 0 bridgehead atoms. The van der Waals surface area contributed by atoms with E-state index < -0.39 is 0 Å². The number of aromatic amines is 1. The van der Waals surface area contributed by atoms with Gasteiger partial charge >= 0.3 is 0 Å². The summed E-state index contributed by atoms with van der Waals surface area (Å²) in [4.78, 5) is 3.28. The number of ether oxygens (including phenoxy) is 1. The minimum Gasteiger partial charge on any atom is -0.493 e. The number of benzene rings is 2. The molecule has 3 rings (SSSR count). The molecule has 0 amide bonds. The molecule has 1 heterocycles. The molecule has 0 aliphatic heterocycles. The molecular formula is C17H20N3O+. The van der Waals surface area contributed by atoms with Gasteiger partial charge in [0.1, 0.15) is 11.4 Å². The fraction of sp³-hybridized carbons (Fsp3) is 0.235. The highest BCUT2D eigenvalue weighted by atomic mass is 16.5. The molecule has 0 atom stereocenters. The van der Waals surface area contributed by atoms with Crippen molar-refractivity contribution in [2.24, 2.45) is 5.73 Å². The van der Waals surface area contributed by atoms with Crippen LogP contribution < -0.4 is 15.0 Å². The van der Waals surface area contributed by atoms with Crippen LogP contribution in [0.3, 0.4) is 0 Å². The molecule has 4 heteroatoms. The Kier molecular flexibility index (Phi) is 4.17. The Morgan fingerprint density at radius 1 is 1.05 bits per heavy atom. The van der Waals surface area contributed by atoms with Gasteiger partial charge in [0.15, 0.2) is 11.0 Å². The van der Waals surface area contributed by atoms with Crippen molar-refractivity contribution in [1.82, 2.24) is 4.98 Å². The smallest absolute Gasteiger partial charge is 0.247 e. The average Bonchev–Trinajstić information content (AvgIpc) is 2.95. The standard InChI is InChI=1S/C17H19N3O/c18-10-4-5-11-21-15-8-9-16-17(12-15)20(13-19-16)14-6-2-1-3-7-14/h1-3,6-9,12-13H,4-5,10-11,18H2/p+1. The highest BCUT2D eigenvalue weighted by Gasteiger charge is 2.12. The van der Waals surface area contributed by atoms with Gasteiger partial charge in [0, 0.05) is 6.07 Å². The summed E-state index contributed by atoms with van der Waals surface area (Å²) < 4.78 is 7.92. The van der Waals surface area contributed by atoms with Gasteiger partial charge in [-0.05, 0) is 43.7 Å². The molecule has 0 radical (unpaired) electrons. The van der Waals surface area contributed by atoms with Gasteiger partial charge in [-0.3, -0.25) is 0 Å². The predicted molar refractivity (Wildman–Crippen MR) is 83.6 cm³/mol. The highest BCUT2D eigenvalue weighted by Crippen LogP contribution is 2.18. The molecule has 0 unspecified atom stereocenters. The summed E-state index contributed by atoms with van der Waals surface area (Å²) in [5.41, 5.74) is 8.82. The second-order valence-electron chi connectivity index (χ2n) is 5.00. The number of hydrogen-bond donors (Lipinski definition) is 2. The number of nitrogens with one attached hydrogen (secondary N) is 1. The molecule has 0 spiro atoms. The zero-order chi connectivity index (χ0) is 14.5. The maximum Gasteiger partial charge on any atom is 0.247 e. The van der Waals surface area contributed by atoms with E-state index in [0.29, 0.717) is 13.2 Å². The highest BCUT2D eigenvalue weighted by molar-refractivity contribution is 5.73.